The van der Waals surface area contributed by atoms with E-state index in [2.05, 4.69) is 15.2 Å². The van der Waals surface area contributed by atoms with Gasteiger partial charge in [-0.15, -0.1) is 0 Å². The van der Waals surface area contributed by atoms with Crippen molar-refractivity contribution in [1.29, 1.82) is 0 Å². The molecule has 0 saturated heterocycles. The minimum Gasteiger partial charge on any atom is -0.374 e. The first kappa shape index (κ1) is 11.7. The molecule has 0 bridgehead atoms. The van der Waals surface area contributed by atoms with E-state index in [1.807, 2.05) is 20.2 Å². The van der Waals surface area contributed by atoms with Crippen LogP contribution in [-0.4, -0.2) is 26.5 Å². The Bertz CT molecular complexity index is 479. The first-order valence-electron chi connectivity index (χ1n) is 5.35. The molecule has 92 valence electrons. The summed E-state index contributed by atoms with van der Waals surface area (Å²) >= 11 is 0. The molecule has 1 unspecified atom stereocenters. The first-order valence-corrected chi connectivity index (χ1v) is 5.35. The second-order valence-electron chi connectivity index (χ2n) is 3.61. The van der Waals surface area contributed by atoms with Crippen LogP contribution < -0.4 is 5.73 Å². The molecule has 7 heteroatoms. The molecule has 0 aliphatic heterocycles. The summed E-state index contributed by atoms with van der Waals surface area (Å²) in [5.41, 5.74) is 6.81. The van der Waals surface area contributed by atoms with E-state index in [0.29, 0.717) is 24.9 Å². The maximum atomic E-state index is 5.98. The Morgan fingerprint density at radius 2 is 2.41 bits per heavy atom. The molecule has 0 aromatic carbocycles. The maximum Gasteiger partial charge on any atom is 0.248 e. The summed E-state index contributed by atoms with van der Waals surface area (Å²) in [6.45, 7) is 2.85. The molecule has 0 saturated carbocycles. The lowest BCUT2D eigenvalue weighted by molar-refractivity contribution is 0.126. The maximum absolute atomic E-state index is 5.98. The SMILES string of the molecule is CCOCc1noc(C(N)c2cnn(C)c2)n1. The van der Waals surface area contributed by atoms with Gasteiger partial charge in [0.15, 0.2) is 5.82 Å². The van der Waals surface area contributed by atoms with Crippen LogP contribution in [0.5, 0.6) is 0 Å². The van der Waals surface area contributed by atoms with Crippen molar-refractivity contribution in [2.24, 2.45) is 12.8 Å². The molecule has 0 radical (unpaired) electrons. The smallest absolute Gasteiger partial charge is 0.248 e. The molecule has 2 aromatic heterocycles. The summed E-state index contributed by atoms with van der Waals surface area (Å²) in [6.07, 6.45) is 3.49. The molecule has 1 atom stereocenters. The second kappa shape index (κ2) is 5.07. The van der Waals surface area contributed by atoms with Gasteiger partial charge in [-0.25, -0.2) is 0 Å². The monoisotopic (exact) mass is 237 g/mol. The summed E-state index contributed by atoms with van der Waals surface area (Å²) in [7, 11) is 1.82. The van der Waals surface area contributed by atoms with Crippen LogP contribution in [0.4, 0.5) is 0 Å². The summed E-state index contributed by atoms with van der Waals surface area (Å²) < 4.78 is 11.9. The fourth-order valence-corrected chi connectivity index (χ4v) is 1.39. The van der Waals surface area contributed by atoms with Crippen molar-refractivity contribution in [3.63, 3.8) is 0 Å². The van der Waals surface area contributed by atoms with Crippen molar-refractivity contribution in [3.05, 3.63) is 29.7 Å². The normalized spacial score (nSPS) is 12.9. The third-order valence-corrected chi connectivity index (χ3v) is 2.27. The molecule has 0 spiro atoms. The molecular weight excluding hydrogens is 222 g/mol. The molecule has 0 aliphatic rings. The van der Waals surface area contributed by atoms with E-state index in [0.717, 1.165) is 5.56 Å². The van der Waals surface area contributed by atoms with Crippen LogP contribution >= 0.6 is 0 Å². The highest BCUT2D eigenvalue weighted by Crippen LogP contribution is 2.16. The van der Waals surface area contributed by atoms with Crippen molar-refractivity contribution >= 4 is 0 Å². The molecule has 2 rings (SSSR count). The molecule has 7 nitrogen and oxygen atoms in total. The number of hydrogen-bond donors (Lipinski definition) is 1. The first-order chi connectivity index (χ1) is 8.20. The molecule has 0 fully saturated rings. The highest BCUT2D eigenvalue weighted by molar-refractivity contribution is 5.16. The molecule has 0 aliphatic carbocycles. The standard InChI is InChI=1S/C10H15N5O2/c1-3-16-6-8-13-10(17-14-8)9(11)7-4-12-15(2)5-7/h4-5,9H,3,6,11H2,1-2H3. The van der Waals surface area contributed by atoms with Gasteiger partial charge in [0.2, 0.25) is 5.89 Å². The number of nitrogens with two attached hydrogens (primary N) is 1. The zero-order valence-electron chi connectivity index (χ0n) is 9.83. The van der Waals surface area contributed by atoms with Crippen LogP contribution in [-0.2, 0) is 18.4 Å². The van der Waals surface area contributed by atoms with Gasteiger partial charge in [0, 0.05) is 25.4 Å². The van der Waals surface area contributed by atoms with Crippen molar-refractivity contribution in [1.82, 2.24) is 19.9 Å². The quantitative estimate of drug-likeness (QED) is 0.808. The summed E-state index contributed by atoms with van der Waals surface area (Å²) in [5, 5.41) is 7.83. The lowest BCUT2D eigenvalue weighted by atomic mass is 10.2. The second-order valence-corrected chi connectivity index (χ2v) is 3.61. The van der Waals surface area contributed by atoms with Crippen molar-refractivity contribution < 1.29 is 9.26 Å². The topological polar surface area (TPSA) is 92.0 Å². The Balaban J connectivity index is 2.09. The van der Waals surface area contributed by atoms with Gasteiger partial charge >= 0.3 is 0 Å². The number of hydrogen-bond acceptors (Lipinski definition) is 6. The van der Waals surface area contributed by atoms with Gasteiger partial charge in [-0.2, -0.15) is 10.1 Å². The average Bonchev–Trinajstić information content (AvgIpc) is 2.94. The molecule has 2 N–H and O–H groups in total. The predicted molar refractivity (Wildman–Crippen MR) is 58.9 cm³/mol. The third-order valence-electron chi connectivity index (χ3n) is 2.27. The Kier molecular flexibility index (Phi) is 3.50. The van der Waals surface area contributed by atoms with E-state index in [-0.39, 0.29) is 0 Å². The van der Waals surface area contributed by atoms with Gasteiger partial charge in [0.1, 0.15) is 12.6 Å². The number of nitrogens with zero attached hydrogens (tertiary/aromatic N) is 4. The summed E-state index contributed by atoms with van der Waals surface area (Å²) in [5.74, 6) is 0.869. The van der Waals surface area contributed by atoms with Crippen LogP contribution in [0.25, 0.3) is 0 Å². The van der Waals surface area contributed by atoms with Crippen molar-refractivity contribution in [2.75, 3.05) is 6.61 Å². The number of rotatable bonds is 5. The Hall–Kier alpha value is -1.73. The van der Waals surface area contributed by atoms with E-state index < -0.39 is 6.04 Å². The lowest BCUT2D eigenvalue weighted by Gasteiger charge is -2.01. The van der Waals surface area contributed by atoms with Crippen molar-refractivity contribution in [2.45, 2.75) is 19.6 Å². The molecule has 2 heterocycles. The molecule has 0 amide bonds. The third kappa shape index (κ3) is 2.69. The highest BCUT2D eigenvalue weighted by atomic mass is 16.5. The molecule has 17 heavy (non-hydrogen) atoms. The van der Waals surface area contributed by atoms with Crippen LogP contribution in [0.15, 0.2) is 16.9 Å². The van der Waals surface area contributed by atoms with Gasteiger partial charge in [-0.3, -0.25) is 4.68 Å². The van der Waals surface area contributed by atoms with Gasteiger partial charge in [0.25, 0.3) is 0 Å². The Morgan fingerprint density at radius 3 is 3.06 bits per heavy atom. The van der Waals surface area contributed by atoms with E-state index in [9.17, 15) is 0 Å². The largest absolute Gasteiger partial charge is 0.374 e. The van der Waals surface area contributed by atoms with Crippen LogP contribution in [0, 0.1) is 0 Å². The molecular formula is C10H15N5O2. The fourth-order valence-electron chi connectivity index (χ4n) is 1.39. The number of ether oxygens (including phenoxy) is 1. The summed E-state index contributed by atoms with van der Waals surface area (Å²) in [6, 6.07) is -0.452. The Labute approximate surface area is 98.6 Å². The average molecular weight is 237 g/mol. The minimum atomic E-state index is -0.452. The zero-order chi connectivity index (χ0) is 12.3. The zero-order valence-corrected chi connectivity index (χ0v) is 9.83. The lowest BCUT2D eigenvalue weighted by Crippen LogP contribution is -2.11. The van der Waals surface area contributed by atoms with E-state index in [1.54, 1.807) is 10.9 Å². The van der Waals surface area contributed by atoms with Crippen LogP contribution in [0.3, 0.4) is 0 Å². The number of aryl methyl sites for hydroxylation is 1. The minimum absolute atomic E-state index is 0.333. The van der Waals surface area contributed by atoms with E-state index >= 15 is 0 Å². The van der Waals surface area contributed by atoms with Gasteiger partial charge < -0.3 is 15.0 Å². The summed E-state index contributed by atoms with van der Waals surface area (Å²) in [4.78, 5) is 4.17. The van der Waals surface area contributed by atoms with Crippen LogP contribution in [0.2, 0.25) is 0 Å². The fraction of sp³-hybridized carbons (Fsp3) is 0.500. The van der Waals surface area contributed by atoms with Gasteiger partial charge in [-0.05, 0) is 6.92 Å². The van der Waals surface area contributed by atoms with Gasteiger partial charge in [-0.1, -0.05) is 5.16 Å². The number of aromatic nitrogens is 4. The highest BCUT2D eigenvalue weighted by Gasteiger charge is 2.18. The van der Waals surface area contributed by atoms with E-state index in [4.69, 9.17) is 15.0 Å². The predicted octanol–water partition coefficient (Wildman–Crippen LogP) is 0.388. The Morgan fingerprint density at radius 1 is 1.59 bits per heavy atom. The van der Waals surface area contributed by atoms with Gasteiger partial charge in [0.05, 0.1) is 6.20 Å². The van der Waals surface area contributed by atoms with Crippen LogP contribution in [0.1, 0.15) is 30.2 Å². The molecule has 2 aromatic rings. The van der Waals surface area contributed by atoms with E-state index in [1.165, 1.54) is 0 Å². The van der Waals surface area contributed by atoms with Crippen molar-refractivity contribution in [3.8, 4) is 0 Å².